The third-order valence-electron chi connectivity index (χ3n) is 5.52. The van der Waals surface area contributed by atoms with Crippen LogP contribution in [0.5, 0.6) is 0 Å². The summed E-state index contributed by atoms with van der Waals surface area (Å²) in [5, 5.41) is 8.00. The van der Waals surface area contributed by atoms with Gasteiger partial charge in [0, 0.05) is 35.3 Å². The molecular formula is C20H23ClN6O. The van der Waals surface area contributed by atoms with Gasteiger partial charge in [0.05, 0.1) is 6.33 Å². The molecule has 28 heavy (non-hydrogen) atoms. The summed E-state index contributed by atoms with van der Waals surface area (Å²) in [6.45, 7) is 1.95. The highest BCUT2D eigenvalue weighted by Crippen LogP contribution is 2.34. The highest BCUT2D eigenvalue weighted by Gasteiger charge is 2.30. The third kappa shape index (κ3) is 3.67. The molecule has 2 aromatic heterocycles. The lowest BCUT2D eigenvalue weighted by Crippen LogP contribution is -2.40. The van der Waals surface area contributed by atoms with Gasteiger partial charge in [0.2, 0.25) is 5.82 Å². The van der Waals surface area contributed by atoms with Gasteiger partial charge in [0.15, 0.2) is 0 Å². The molecule has 146 valence electrons. The number of aryl methyl sites for hydroxylation is 1. The summed E-state index contributed by atoms with van der Waals surface area (Å²) in [6, 6.07) is 7.26. The molecule has 2 N–H and O–H groups in total. The topological polar surface area (TPSA) is 90.6 Å². The molecule has 1 amide bonds. The van der Waals surface area contributed by atoms with Gasteiger partial charge in [-0.25, -0.2) is 9.97 Å². The summed E-state index contributed by atoms with van der Waals surface area (Å²) in [6.07, 6.45) is 5.56. The van der Waals surface area contributed by atoms with Crippen molar-refractivity contribution in [2.24, 2.45) is 0 Å². The van der Waals surface area contributed by atoms with Gasteiger partial charge in [-0.1, -0.05) is 24.1 Å². The van der Waals surface area contributed by atoms with Crippen LogP contribution in [0.4, 0.5) is 0 Å². The van der Waals surface area contributed by atoms with E-state index < -0.39 is 0 Å². The quantitative estimate of drug-likeness (QED) is 0.696. The summed E-state index contributed by atoms with van der Waals surface area (Å²) in [5.74, 6) is 1.72. The molecule has 0 bridgehead atoms. The average molecular weight is 399 g/mol. The lowest BCUT2D eigenvalue weighted by Gasteiger charge is -2.34. The highest BCUT2D eigenvalue weighted by molar-refractivity contribution is 6.30. The zero-order chi connectivity index (χ0) is 19.7. The van der Waals surface area contributed by atoms with Crippen LogP contribution < -0.4 is 0 Å². The van der Waals surface area contributed by atoms with Crippen LogP contribution in [0.2, 0.25) is 5.02 Å². The van der Waals surface area contributed by atoms with E-state index in [4.69, 9.17) is 11.6 Å². The minimum atomic E-state index is -0.00134. The minimum Gasteiger partial charge on any atom is -0.348 e. The van der Waals surface area contributed by atoms with Crippen LogP contribution in [0.1, 0.15) is 53.5 Å². The number of aromatic amines is 2. The van der Waals surface area contributed by atoms with E-state index in [0.717, 1.165) is 42.9 Å². The number of carbonyl (C=O) groups is 1. The number of nitrogens with one attached hydrogen (secondary N) is 2. The van der Waals surface area contributed by atoms with Gasteiger partial charge < -0.3 is 9.88 Å². The first-order valence-electron chi connectivity index (χ1n) is 9.48. The number of hydrogen-bond acceptors (Lipinski definition) is 4. The monoisotopic (exact) mass is 398 g/mol. The fourth-order valence-corrected chi connectivity index (χ4v) is 4.09. The van der Waals surface area contributed by atoms with Gasteiger partial charge >= 0.3 is 0 Å². The summed E-state index contributed by atoms with van der Waals surface area (Å²) in [7, 11) is 1.87. The van der Waals surface area contributed by atoms with Gasteiger partial charge in [-0.2, -0.15) is 5.10 Å². The number of nitrogens with zero attached hydrogens (tertiary/aromatic N) is 4. The van der Waals surface area contributed by atoms with Crippen LogP contribution in [0.15, 0.2) is 30.6 Å². The smallest absolute Gasteiger partial charge is 0.253 e. The van der Waals surface area contributed by atoms with E-state index in [1.54, 1.807) is 30.6 Å². The maximum atomic E-state index is 12.9. The number of imidazole rings is 1. The molecule has 1 aliphatic rings. The Morgan fingerprint density at radius 1 is 1.32 bits per heavy atom. The number of benzene rings is 1. The lowest BCUT2D eigenvalue weighted by molar-refractivity contribution is 0.0684. The number of H-pyrrole nitrogens is 2. The van der Waals surface area contributed by atoms with E-state index >= 15 is 0 Å². The summed E-state index contributed by atoms with van der Waals surface area (Å²) >= 11 is 6.04. The minimum absolute atomic E-state index is 0.00134. The van der Waals surface area contributed by atoms with E-state index in [1.165, 1.54) is 0 Å². The van der Waals surface area contributed by atoms with Crippen molar-refractivity contribution in [1.82, 2.24) is 30.0 Å². The zero-order valence-electron chi connectivity index (χ0n) is 15.9. The second-order valence-electron chi connectivity index (χ2n) is 7.36. The van der Waals surface area contributed by atoms with Crippen LogP contribution in [0, 0.1) is 6.92 Å². The maximum absolute atomic E-state index is 12.9. The Kier molecular flexibility index (Phi) is 5.17. The molecule has 1 aromatic carbocycles. The molecule has 8 heteroatoms. The van der Waals surface area contributed by atoms with Crippen molar-refractivity contribution in [2.45, 2.75) is 44.6 Å². The largest absolute Gasteiger partial charge is 0.348 e. The van der Waals surface area contributed by atoms with Crippen molar-refractivity contribution < 1.29 is 4.79 Å². The molecule has 0 aliphatic heterocycles. The second kappa shape index (κ2) is 7.75. The Hall–Kier alpha value is -2.67. The van der Waals surface area contributed by atoms with Crippen molar-refractivity contribution >= 4 is 17.5 Å². The zero-order valence-corrected chi connectivity index (χ0v) is 16.7. The molecule has 0 radical (unpaired) electrons. The number of rotatable bonds is 4. The molecule has 0 saturated heterocycles. The molecule has 4 rings (SSSR count). The van der Waals surface area contributed by atoms with Crippen LogP contribution >= 0.6 is 11.6 Å². The van der Waals surface area contributed by atoms with E-state index in [2.05, 4.69) is 25.1 Å². The summed E-state index contributed by atoms with van der Waals surface area (Å²) < 4.78 is 0. The van der Waals surface area contributed by atoms with E-state index in [-0.39, 0.29) is 17.9 Å². The predicted octanol–water partition coefficient (Wildman–Crippen LogP) is 3.96. The fraction of sp³-hybridized carbons (Fsp3) is 0.400. The Morgan fingerprint density at radius 2 is 2.18 bits per heavy atom. The van der Waals surface area contributed by atoms with Crippen molar-refractivity contribution in [3.8, 4) is 11.5 Å². The SMILES string of the molecule is Cc1[nH]cnc1-c1n[nH]c([C@H]2CCC[C@@H](N(C)C(=O)c3cccc(Cl)c3)C2)n1. The van der Waals surface area contributed by atoms with Crippen molar-refractivity contribution in [3.63, 3.8) is 0 Å². The number of hydrogen-bond donors (Lipinski definition) is 2. The Balaban J connectivity index is 1.48. The van der Waals surface area contributed by atoms with E-state index in [9.17, 15) is 4.79 Å². The molecule has 1 saturated carbocycles. The first-order valence-corrected chi connectivity index (χ1v) is 9.86. The number of carbonyl (C=O) groups excluding carboxylic acids is 1. The van der Waals surface area contributed by atoms with Gasteiger partial charge in [0.25, 0.3) is 5.91 Å². The highest BCUT2D eigenvalue weighted by atomic mass is 35.5. The third-order valence-corrected chi connectivity index (χ3v) is 5.75. The number of halogens is 1. The molecule has 3 aromatic rings. The Bertz CT molecular complexity index is 980. The maximum Gasteiger partial charge on any atom is 0.253 e. The lowest BCUT2D eigenvalue weighted by atomic mass is 9.84. The summed E-state index contributed by atoms with van der Waals surface area (Å²) in [4.78, 5) is 26.7. The first kappa shape index (κ1) is 18.7. The molecule has 2 heterocycles. The molecule has 0 spiro atoms. The van der Waals surface area contributed by atoms with Gasteiger partial charge in [0.1, 0.15) is 11.5 Å². The molecule has 1 fully saturated rings. The second-order valence-corrected chi connectivity index (χ2v) is 7.80. The molecule has 2 atom stereocenters. The van der Waals surface area contributed by atoms with Gasteiger partial charge in [-0.05, 0) is 44.4 Å². The van der Waals surface area contributed by atoms with Crippen LogP contribution in [0.3, 0.4) is 0 Å². The van der Waals surface area contributed by atoms with Gasteiger partial charge in [-0.3, -0.25) is 9.89 Å². The van der Waals surface area contributed by atoms with Crippen molar-refractivity contribution in [3.05, 3.63) is 52.7 Å². The van der Waals surface area contributed by atoms with Crippen molar-refractivity contribution in [2.75, 3.05) is 7.05 Å². The van der Waals surface area contributed by atoms with E-state index in [0.29, 0.717) is 16.4 Å². The molecule has 7 nitrogen and oxygen atoms in total. The Morgan fingerprint density at radius 3 is 2.93 bits per heavy atom. The standard InChI is InChI=1S/C20H23ClN6O/c1-12-17(23-11-22-12)19-24-18(25-26-19)13-5-4-8-16(10-13)27(2)20(28)14-6-3-7-15(21)9-14/h3,6-7,9,11,13,16H,4-5,8,10H2,1-2H3,(H,22,23)(H,24,25,26)/t13-,16+/m0/s1. The summed E-state index contributed by atoms with van der Waals surface area (Å²) in [5.41, 5.74) is 2.33. The van der Waals surface area contributed by atoms with Crippen molar-refractivity contribution in [1.29, 1.82) is 0 Å². The average Bonchev–Trinajstić information content (AvgIpc) is 3.36. The predicted molar refractivity (Wildman–Crippen MR) is 107 cm³/mol. The molecule has 0 unspecified atom stereocenters. The number of amides is 1. The molecular weight excluding hydrogens is 376 g/mol. The van der Waals surface area contributed by atoms with Crippen LogP contribution in [-0.4, -0.2) is 49.0 Å². The van der Waals surface area contributed by atoms with Crippen LogP contribution in [-0.2, 0) is 0 Å². The van der Waals surface area contributed by atoms with Crippen LogP contribution in [0.25, 0.3) is 11.5 Å². The molecule has 1 aliphatic carbocycles. The first-order chi connectivity index (χ1) is 13.5. The van der Waals surface area contributed by atoms with E-state index in [1.807, 2.05) is 18.9 Å². The van der Waals surface area contributed by atoms with Gasteiger partial charge in [-0.15, -0.1) is 0 Å². The normalized spacial score (nSPS) is 19.5. The fourth-order valence-electron chi connectivity index (χ4n) is 3.90. The Labute approximate surface area is 168 Å². The number of aromatic nitrogens is 5.